The number of nitrogens with one attached hydrogen (secondary N) is 1. The summed E-state index contributed by atoms with van der Waals surface area (Å²) in [6.45, 7) is 8.02. The number of aliphatic imine (C=N–C) groups is 1. The molecule has 2 unspecified atom stereocenters. The number of thiophene rings is 1. The number of rotatable bonds is 4. The summed E-state index contributed by atoms with van der Waals surface area (Å²) < 4.78 is 0. The zero-order chi connectivity index (χ0) is 16.1. The molecule has 4 nitrogen and oxygen atoms in total. The number of hydrogen-bond acceptors (Lipinski definition) is 3. The van der Waals surface area contributed by atoms with E-state index in [2.05, 4.69) is 44.5 Å². The van der Waals surface area contributed by atoms with Crippen molar-refractivity contribution in [1.29, 1.82) is 0 Å². The summed E-state index contributed by atoms with van der Waals surface area (Å²) in [4.78, 5) is 11.1. The average molecular weight is 462 g/mol. The van der Waals surface area contributed by atoms with Crippen LogP contribution >= 0.6 is 35.3 Å². The van der Waals surface area contributed by atoms with E-state index in [9.17, 15) is 0 Å². The van der Waals surface area contributed by atoms with Gasteiger partial charge < -0.3 is 10.2 Å². The van der Waals surface area contributed by atoms with E-state index in [0.29, 0.717) is 6.04 Å². The van der Waals surface area contributed by atoms with Crippen LogP contribution in [0.5, 0.6) is 0 Å². The summed E-state index contributed by atoms with van der Waals surface area (Å²) in [7, 11) is 1.91. The van der Waals surface area contributed by atoms with Crippen LogP contribution in [0, 0.1) is 5.92 Å². The molecule has 0 bridgehead atoms. The number of likely N-dealkylation sites (tertiary alicyclic amines) is 2. The lowest BCUT2D eigenvalue weighted by molar-refractivity contribution is 0.238. The van der Waals surface area contributed by atoms with Gasteiger partial charge >= 0.3 is 0 Å². The fraction of sp³-hybridized carbons (Fsp3) is 0.722. The molecule has 0 aromatic carbocycles. The van der Waals surface area contributed by atoms with Gasteiger partial charge in [-0.05, 0) is 56.1 Å². The van der Waals surface area contributed by atoms with E-state index < -0.39 is 0 Å². The lowest BCUT2D eigenvalue weighted by Gasteiger charge is -2.35. The zero-order valence-electron chi connectivity index (χ0n) is 14.9. The maximum atomic E-state index is 4.54. The second kappa shape index (κ2) is 9.97. The molecule has 3 rings (SSSR count). The van der Waals surface area contributed by atoms with Crippen molar-refractivity contribution in [1.82, 2.24) is 15.1 Å². The number of hydrogen-bond donors (Lipinski definition) is 1. The Labute approximate surface area is 167 Å². The molecule has 0 amide bonds. The normalized spacial score (nSPS) is 23.8. The summed E-state index contributed by atoms with van der Waals surface area (Å²) in [6, 6.07) is 4.93. The van der Waals surface area contributed by atoms with Crippen LogP contribution in [-0.2, 0) is 0 Å². The summed E-state index contributed by atoms with van der Waals surface area (Å²) in [5.41, 5.74) is 0. The van der Waals surface area contributed by atoms with Crippen LogP contribution in [0.4, 0.5) is 0 Å². The Balaban J connectivity index is 0.00000208. The van der Waals surface area contributed by atoms with E-state index in [1.165, 1.54) is 43.6 Å². The van der Waals surface area contributed by atoms with Crippen molar-refractivity contribution in [2.45, 2.75) is 38.6 Å². The lowest BCUT2D eigenvalue weighted by atomic mass is 10.0. The van der Waals surface area contributed by atoms with Crippen molar-refractivity contribution in [3.8, 4) is 0 Å². The molecule has 1 aromatic rings. The van der Waals surface area contributed by atoms with Gasteiger partial charge in [0.25, 0.3) is 0 Å². The third-order valence-electron chi connectivity index (χ3n) is 5.07. The Morgan fingerprint density at radius 2 is 2.12 bits per heavy atom. The van der Waals surface area contributed by atoms with E-state index in [4.69, 9.17) is 0 Å². The molecule has 2 fully saturated rings. The van der Waals surface area contributed by atoms with Gasteiger partial charge in [0.2, 0.25) is 0 Å². The second-order valence-corrected chi connectivity index (χ2v) is 7.88. The van der Waals surface area contributed by atoms with Crippen molar-refractivity contribution >= 4 is 41.3 Å². The summed E-state index contributed by atoms with van der Waals surface area (Å²) in [5.74, 6) is 1.85. The van der Waals surface area contributed by atoms with Gasteiger partial charge in [0.15, 0.2) is 5.96 Å². The van der Waals surface area contributed by atoms with Crippen LogP contribution in [0.25, 0.3) is 0 Å². The van der Waals surface area contributed by atoms with Crippen molar-refractivity contribution < 1.29 is 0 Å². The number of halogens is 1. The van der Waals surface area contributed by atoms with Crippen LogP contribution in [0.1, 0.15) is 43.5 Å². The molecule has 1 aromatic heterocycles. The minimum absolute atomic E-state index is 0. The predicted molar refractivity (Wildman–Crippen MR) is 115 cm³/mol. The number of piperidine rings is 1. The molecule has 0 saturated carbocycles. The lowest BCUT2D eigenvalue weighted by Crippen LogP contribution is -2.48. The van der Waals surface area contributed by atoms with Gasteiger partial charge in [0, 0.05) is 31.6 Å². The van der Waals surface area contributed by atoms with Crippen molar-refractivity contribution in [3.05, 3.63) is 22.4 Å². The van der Waals surface area contributed by atoms with Crippen LogP contribution in [0.15, 0.2) is 22.5 Å². The number of nitrogens with zero attached hydrogens (tertiary/aromatic N) is 3. The molecule has 1 N–H and O–H groups in total. The van der Waals surface area contributed by atoms with E-state index in [-0.39, 0.29) is 24.0 Å². The molecule has 2 aliphatic rings. The molecule has 24 heavy (non-hydrogen) atoms. The van der Waals surface area contributed by atoms with Gasteiger partial charge in [0.1, 0.15) is 0 Å². The summed E-state index contributed by atoms with van der Waals surface area (Å²) in [5, 5.41) is 5.86. The predicted octanol–water partition coefficient (Wildman–Crippen LogP) is 3.81. The van der Waals surface area contributed by atoms with Crippen LogP contribution < -0.4 is 5.32 Å². The monoisotopic (exact) mass is 462 g/mol. The highest BCUT2D eigenvalue weighted by Gasteiger charge is 2.25. The minimum atomic E-state index is 0. The molecule has 3 heterocycles. The summed E-state index contributed by atoms with van der Waals surface area (Å²) in [6.07, 6.45) is 5.29. The Morgan fingerprint density at radius 3 is 2.75 bits per heavy atom. The fourth-order valence-corrected chi connectivity index (χ4v) is 4.71. The smallest absolute Gasteiger partial charge is 0.193 e. The Kier molecular flexibility index (Phi) is 8.30. The SMILES string of the molecule is CN=C(NCC(c1cccs1)N1CCCC1)N1CCCC(C)C1.I. The van der Waals surface area contributed by atoms with Gasteiger partial charge in [-0.1, -0.05) is 13.0 Å². The highest BCUT2D eigenvalue weighted by Crippen LogP contribution is 2.28. The molecule has 6 heteroatoms. The molecule has 2 aliphatic heterocycles. The third-order valence-corrected chi connectivity index (χ3v) is 6.05. The van der Waals surface area contributed by atoms with Crippen LogP contribution in [0.2, 0.25) is 0 Å². The molecule has 136 valence electrons. The number of guanidine groups is 1. The van der Waals surface area contributed by atoms with E-state index >= 15 is 0 Å². The molecule has 0 spiro atoms. The Hall–Kier alpha value is -0.340. The second-order valence-electron chi connectivity index (χ2n) is 6.90. The van der Waals surface area contributed by atoms with Crippen molar-refractivity contribution in [3.63, 3.8) is 0 Å². The first kappa shape index (κ1) is 20.0. The van der Waals surface area contributed by atoms with E-state index in [1.807, 2.05) is 18.4 Å². The van der Waals surface area contributed by atoms with Crippen molar-refractivity contribution in [2.24, 2.45) is 10.9 Å². The maximum Gasteiger partial charge on any atom is 0.193 e. The topological polar surface area (TPSA) is 30.9 Å². The minimum Gasteiger partial charge on any atom is -0.354 e. The van der Waals surface area contributed by atoms with E-state index in [0.717, 1.165) is 31.5 Å². The summed E-state index contributed by atoms with van der Waals surface area (Å²) >= 11 is 1.88. The van der Waals surface area contributed by atoms with E-state index in [1.54, 1.807) is 0 Å². The fourth-order valence-electron chi connectivity index (χ4n) is 3.85. The first-order chi connectivity index (χ1) is 11.3. The van der Waals surface area contributed by atoms with Gasteiger partial charge in [-0.3, -0.25) is 9.89 Å². The molecular formula is C18H31IN4S. The highest BCUT2D eigenvalue weighted by atomic mass is 127. The standard InChI is InChI=1S/C18H30N4S.HI/c1-15-7-5-11-22(14-15)18(19-2)20-13-16(17-8-6-12-23-17)21-9-3-4-10-21;/h6,8,12,15-16H,3-5,7,9-11,13-14H2,1-2H3,(H,19,20);1H. The maximum absolute atomic E-state index is 4.54. The van der Waals surface area contributed by atoms with Gasteiger partial charge in [-0.2, -0.15) is 0 Å². The largest absolute Gasteiger partial charge is 0.354 e. The Bertz CT molecular complexity index is 499. The first-order valence-electron chi connectivity index (χ1n) is 9.01. The first-order valence-corrected chi connectivity index (χ1v) is 9.89. The highest BCUT2D eigenvalue weighted by molar-refractivity contribution is 14.0. The molecule has 0 aliphatic carbocycles. The van der Waals surface area contributed by atoms with Crippen molar-refractivity contribution in [2.75, 3.05) is 39.8 Å². The average Bonchev–Trinajstić information content (AvgIpc) is 3.25. The van der Waals surface area contributed by atoms with Gasteiger partial charge in [-0.25, -0.2) is 0 Å². The molecule has 2 atom stereocenters. The zero-order valence-corrected chi connectivity index (χ0v) is 18.1. The quantitative estimate of drug-likeness (QED) is 0.420. The van der Waals surface area contributed by atoms with Gasteiger partial charge in [0.05, 0.1) is 6.04 Å². The van der Waals surface area contributed by atoms with Crippen LogP contribution in [0.3, 0.4) is 0 Å². The molecular weight excluding hydrogens is 431 g/mol. The Morgan fingerprint density at radius 1 is 1.33 bits per heavy atom. The third kappa shape index (κ3) is 5.08. The molecule has 0 radical (unpaired) electrons. The van der Waals surface area contributed by atoms with Crippen LogP contribution in [-0.4, -0.2) is 55.5 Å². The molecule has 2 saturated heterocycles. The van der Waals surface area contributed by atoms with Gasteiger partial charge in [-0.15, -0.1) is 35.3 Å².